The van der Waals surface area contributed by atoms with Gasteiger partial charge in [-0.2, -0.15) is 0 Å². The molecule has 24 heavy (non-hydrogen) atoms. The van der Waals surface area contributed by atoms with Crippen LogP contribution in [0.15, 0.2) is 12.7 Å². The summed E-state index contributed by atoms with van der Waals surface area (Å²) in [5.41, 5.74) is 0. The summed E-state index contributed by atoms with van der Waals surface area (Å²) in [5, 5.41) is 59.4. The monoisotopic (exact) mass is 354 g/mol. The molecule has 0 aromatic rings. The smallest absolute Gasteiger partial charge is 0.166 e. The van der Waals surface area contributed by atoms with Crippen molar-refractivity contribution in [2.45, 2.75) is 58.0 Å². The van der Waals surface area contributed by atoms with Gasteiger partial charge in [-0.25, -0.2) is 0 Å². The molecule has 146 valence electrons. The molecule has 0 saturated heterocycles. The van der Waals surface area contributed by atoms with Gasteiger partial charge in [0.25, 0.3) is 0 Å². The van der Waals surface area contributed by atoms with Crippen LogP contribution in [-0.4, -0.2) is 85.8 Å². The zero-order valence-corrected chi connectivity index (χ0v) is 14.7. The van der Waals surface area contributed by atoms with Crippen LogP contribution in [0.1, 0.15) is 33.6 Å². The van der Waals surface area contributed by atoms with Crippen molar-refractivity contribution in [2.75, 3.05) is 19.8 Å². The standard InChI is InChI=1S/C7H14O4.C5H10O2.C4H10O2/c1-4(6(10)3-8)7(11)5(2)9;1-2-3-5(7)4-6;1-2-4(6)3-5/h4-6,8-10H,3H2,1-2H3;2,5-7H,1,3-4H2;4-6H,2-3H2,1H3. The van der Waals surface area contributed by atoms with Gasteiger partial charge in [0, 0.05) is 5.92 Å². The molecule has 0 aromatic heterocycles. The van der Waals surface area contributed by atoms with Gasteiger partial charge in [-0.3, -0.25) is 4.79 Å². The van der Waals surface area contributed by atoms with Gasteiger partial charge in [-0.15, -0.1) is 6.58 Å². The maximum Gasteiger partial charge on any atom is 0.166 e. The first-order valence-electron chi connectivity index (χ1n) is 7.82. The third-order valence-corrected chi connectivity index (χ3v) is 2.96. The predicted octanol–water partition coefficient (Wildman–Crippen LogP) is -1.41. The Hall–Kier alpha value is -0.870. The van der Waals surface area contributed by atoms with Crippen molar-refractivity contribution in [2.24, 2.45) is 5.92 Å². The van der Waals surface area contributed by atoms with Crippen molar-refractivity contribution in [3.05, 3.63) is 12.7 Å². The van der Waals surface area contributed by atoms with Crippen LogP contribution in [0, 0.1) is 5.92 Å². The summed E-state index contributed by atoms with van der Waals surface area (Å²) in [4.78, 5) is 10.9. The molecule has 0 aliphatic heterocycles. The Morgan fingerprint density at radius 2 is 1.42 bits per heavy atom. The molecule has 0 spiro atoms. The maximum atomic E-state index is 10.9. The van der Waals surface area contributed by atoms with Crippen LogP contribution in [0.2, 0.25) is 0 Å². The van der Waals surface area contributed by atoms with Gasteiger partial charge >= 0.3 is 0 Å². The highest BCUT2D eigenvalue weighted by atomic mass is 16.3. The molecular formula is C16H34O8. The van der Waals surface area contributed by atoms with E-state index in [9.17, 15) is 4.79 Å². The second-order valence-electron chi connectivity index (χ2n) is 5.22. The minimum absolute atomic E-state index is 0.115. The van der Waals surface area contributed by atoms with E-state index < -0.39 is 42.7 Å². The lowest BCUT2D eigenvalue weighted by Crippen LogP contribution is -2.34. The zero-order valence-electron chi connectivity index (χ0n) is 14.7. The Morgan fingerprint density at radius 1 is 0.958 bits per heavy atom. The average molecular weight is 354 g/mol. The number of ketones is 1. The number of hydrogen-bond donors (Lipinski definition) is 7. The number of hydrogen-bond acceptors (Lipinski definition) is 8. The first kappa shape index (κ1) is 28.0. The van der Waals surface area contributed by atoms with Gasteiger partial charge in [0.05, 0.1) is 38.1 Å². The summed E-state index contributed by atoms with van der Waals surface area (Å²) in [7, 11) is 0. The normalized spacial score (nSPS) is 16.2. The second-order valence-corrected chi connectivity index (χ2v) is 5.22. The van der Waals surface area contributed by atoms with Gasteiger partial charge in [0.15, 0.2) is 5.78 Å². The van der Waals surface area contributed by atoms with Crippen LogP contribution in [-0.2, 0) is 4.79 Å². The van der Waals surface area contributed by atoms with Crippen molar-refractivity contribution < 1.29 is 40.5 Å². The fraction of sp³-hybridized carbons (Fsp3) is 0.812. The number of aliphatic hydroxyl groups excluding tert-OH is 7. The SMILES string of the molecule is C=CCC(O)CO.CC(O)C(=O)C(C)C(O)CO.CCC(O)CO. The molecule has 0 aliphatic rings. The van der Waals surface area contributed by atoms with Crippen LogP contribution in [0.3, 0.4) is 0 Å². The van der Waals surface area contributed by atoms with Gasteiger partial charge in [0.2, 0.25) is 0 Å². The molecule has 7 N–H and O–H groups in total. The molecule has 0 aliphatic carbocycles. The van der Waals surface area contributed by atoms with E-state index >= 15 is 0 Å². The fourth-order valence-electron chi connectivity index (χ4n) is 1.12. The van der Waals surface area contributed by atoms with Gasteiger partial charge in [-0.1, -0.05) is 19.9 Å². The van der Waals surface area contributed by atoms with Gasteiger partial charge in [0.1, 0.15) is 6.10 Å². The van der Waals surface area contributed by atoms with E-state index in [1.807, 2.05) is 6.92 Å². The Kier molecular flexibility index (Phi) is 21.5. The van der Waals surface area contributed by atoms with Crippen molar-refractivity contribution in [3.8, 4) is 0 Å². The quantitative estimate of drug-likeness (QED) is 0.249. The zero-order chi connectivity index (χ0) is 19.7. The van der Waals surface area contributed by atoms with Crippen molar-refractivity contribution in [1.29, 1.82) is 0 Å². The Balaban J connectivity index is -0.000000294. The van der Waals surface area contributed by atoms with Crippen molar-refractivity contribution in [1.82, 2.24) is 0 Å². The van der Waals surface area contributed by atoms with Crippen LogP contribution in [0.5, 0.6) is 0 Å². The molecular weight excluding hydrogens is 320 g/mol. The number of Topliss-reactive ketones (excluding diaryl/α,β-unsaturated/α-hetero) is 1. The lowest BCUT2D eigenvalue weighted by atomic mass is 9.97. The first-order chi connectivity index (χ1) is 11.1. The topological polar surface area (TPSA) is 159 Å². The fourth-order valence-corrected chi connectivity index (χ4v) is 1.12. The molecule has 0 radical (unpaired) electrons. The second kappa shape index (κ2) is 18.5. The molecule has 0 saturated carbocycles. The summed E-state index contributed by atoms with van der Waals surface area (Å²) >= 11 is 0. The highest BCUT2D eigenvalue weighted by Crippen LogP contribution is 2.06. The van der Waals surface area contributed by atoms with Crippen molar-refractivity contribution in [3.63, 3.8) is 0 Å². The molecule has 5 atom stereocenters. The van der Waals surface area contributed by atoms with Crippen molar-refractivity contribution >= 4 is 5.78 Å². The van der Waals surface area contributed by atoms with E-state index in [1.54, 1.807) is 6.08 Å². The van der Waals surface area contributed by atoms with E-state index in [0.29, 0.717) is 12.8 Å². The minimum atomic E-state index is -1.08. The highest BCUT2D eigenvalue weighted by Gasteiger charge is 2.24. The summed E-state index contributed by atoms with van der Waals surface area (Å²) < 4.78 is 0. The molecule has 8 heteroatoms. The maximum absolute atomic E-state index is 10.9. The van der Waals surface area contributed by atoms with Crippen LogP contribution < -0.4 is 0 Å². The van der Waals surface area contributed by atoms with E-state index in [2.05, 4.69) is 6.58 Å². The minimum Gasteiger partial charge on any atom is -0.394 e. The number of aliphatic hydroxyl groups is 7. The lowest BCUT2D eigenvalue weighted by Gasteiger charge is -2.16. The Bertz CT molecular complexity index is 292. The summed E-state index contributed by atoms with van der Waals surface area (Å²) in [6.45, 7) is 7.25. The van der Waals surface area contributed by atoms with Gasteiger partial charge in [-0.05, 0) is 19.8 Å². The molecule has 0 heterocycles. The predicted molar refractivity (Wildman–Crippen MR) is 90.2 cm³/mol. The summed E-state index contributed by atoms with van der Waals surface area (Å²) in [6, 6.07) is 0. The molecule has 0 fully saturated rings. The number of carbonyl (C=O) groups is 1. The number of rotatable bonds is 9. The van der Waals surface area contributed by atoms with E-state index in [1.165, 1.54) is 13.8 Å². The molecule has 0 aromatic carbocycles. The molecule has 0 bridgehead atoms. The molecule has 0 amide bonds. The van der Waals surface area contributed by atoms with E-state index in [0.717, 1.165) is 0 Å². The lowest BCUT2D eigenvalue weighted by molar-refractivity contribution is -0.134. The van der Waals surface area contributed by atoms with E-state index in [-0.39, 0.29) is 13.2 Å². The van der Waals surface area contributed by atoms with Crippen LogP contribution in [0.4, 0.5) is 0 Å². The molecule has 8 nitrogen and oxygen atoms in total. The number of carbonyl (C=O) groups excluding carboxylic acids is 1. The Labute approximate surface area is 143 Å². The Morgan fingerprint density at radius 3 is 1.58 bits per heavy atom. The van der Waals surface area contributed by atoms with Crippen LogP contribution in [0.25, 0.3) is 0 Å². The average Bonchev–Trinajstić information content (AvgIpc) is 2.59. The van der Waals surface area contributed by atoms with Gasteiger partial charge < -0.3 is 35.7 Å². The highest BCUT2D eigenvalue weighted by molar-refractivity contribution is 5.84. The molecule has 5 unspecified atom stereocenters. The first-order valence-corrected chi connectivity index (χ1v) is 7.82. The summed E-state index contributed by atoms with van der Waals surface area (Å²) in [6.07, 6.45) is -0.598. The third kappa shape index (κ3) is 17.5. The van der Waals surface area contributed by atoms with Crippen LogP contribution >= 0.6 is 0 Å². The summed E-state index contributed by atoms with van der Waals surface area (Å²) in [5.74, 6) is -1.16. The van der Waals surface area contributed by atoms with E-state index in [4.69, 9.17) is 35.7 Å². The largest absolute Gasteiger partial charge is 0.394 e. The molecule has 0 rings (SSSR count). The third-order valence-electron chi connectivity index (χ3n) is 2.96.